The maximum absolute atomic E-state index is 13.6. The number of aliphatic hydroxyl groups is 1. The quantitative estimate of drug-likeness (QED) is 0.879. The lowest BCUT2D eigenvalue weighted by molar-refractivity contribution is 0.214. The van der Waals surface area contributed by atoms with Crippen LogP contribution in [0, 0.1) is 5.82 Å². The first kappa shape index (κ1) is 11.4. The number of fused-ring (bicyclic) bond motifs is 1. The van der Waals surface area contributed by atoms with Crippen molar-refractivity contribution in [1.82, 2.24) is 4.98 Å². The summed E-state index contributed by atoms with van der Waals surface area (Å²) < 4.78 is 13.6. The molecule has 92 valence electrons. The van der Waals surface area contributed by atoms with Gasteiger partial charge in [0.05, 0.1) is 6.20 Å². The lowest BCUT2D eigenvalue weighted by Gasteiger charge is -2.13. The Kier molecular flexibility index (Phi) is 2.84. The van der Waals surface area contributed by atoms with E-state index < -0.39 is 11.9 Å². The van der Waals surface area contributed by atoms with Crippen molar-refractivity contribution < 1.29 is 9.50 Å². The molecular weight excluding hydrogens is 229 g/mol. The zero-order valence-electron chi connectivity index (χ0n) is 9.94. The standard InChI is InChI=1S/C15H14FNO/c16-14-9-17-7-6-13(14)15(18)12-5-4-10-2-1-3-11(10)8-12/h4-9,15,18H,1-3H2. The van der Waals surface area contributed by atoms with E-state index in [1.54, 1.807) is 0 Å². The van der Waals surface area contributed by atoms with Crippen molar-refractivity contribution >= 4 is 0 Å². The van der Waals surface area contributed by atoms with Crippen molar-refractivity contribution in [2.75, 3.05) is 0 Å². The molecule has 0 amide bonds. The van der Waals surface area contributed by atoms with Crippen LogP contribution < -0.4 is 0 Å². The zero-order chi connectivity index (χ0) is 12.5. The fraction of sp³-hybridized carbons (Fsp3) is 0.267. The molecule has 1 aliphatic rings. The molecule has 0 spiro atoms. The first-order chi connectivity index (χ1) is 8.75. The summed E-state index contributed by atoms with van der Waals surface area (Å²) in [6.45, 7) is 0. The van der Waals surface area contributed by atoms with Gasteiger partial charge in [-0.3, -0.25) is 4.98 Å². The molecule has 1 aromatic carbocycles. The monoisotopic (exact) mass is 243 g/mol. The molecule has 3 rings (SSSR count). The summed E-state index contributed by atoms with van der Waals surface area (Å²) in [4.78, 5) is 3.69. The van der Waals surface area contributed by atoms with Crippen molar-refractivity contribution in [3.8, 4) is 0 Å². The minimum atomic E-state index is -0.918. The number of aryl methyl sites for hydroxylation is 2. The van der Waals surface area contributed by atoms with Crippen LogP contribution in [0.5, 0.6) is 0 Å². The lowest BCUT2D eigenvalue weighted by atomic mass is 9.98. The minimum absolute atomic E-state index is 0.281. The molecule has 18 heavy (non-hydrogen) atoms. The van der Waals surface area contributed by atoms with Gasteiger partial charge >= 0.3 is 0 Å². The fourth-order valence-electron chi connectivity index (χ4n) is 2.55. The number of aliphatic hydroxyl groups excluding tert-OH is 1. The fourth-order valence-corrected chi connectivity index (χ4v) is 2.55. The summed E-state index contributed by atoms with van der Waals surface area (Å²) in [5.74, 6) is -0.467. The third-order valence-electron chi connectivity index (χ3n) is 3.54. The number of halogens is 1. The first-order valence-corrected chi connectivity index (χ1v) is 6.15. The van der Waals surface area contributed by atoms with Crippen LogP contribution in [0.2, 0.25) is 0 Å². The summed E-state index contributed by atoms with van der Waals surface area (Å²) in [7, 11) is 0. The Balaban J connectivity index is 1.98. The Bertz CT molecular complexity index is 582. The number of rotatable bonds is 2. The van der Waals surface area contributed by atoms with E-state index in [4.69, 9.17) is 0 Å². The highest BCUT2D eigenvalue weighted by atomic mass is 19.1. The number of aromatic nitrogens is 1. The molecule has 0 saturated carbocycles. The maximum Gasteiger partial charge on any atom is 0.147 e. The van der Waals surface area contributed by atoms with Gasteiger partial charge in [-0.15, -0.1) is 0 Å². The lowest BCUT2D eigenvalue weighted by Crippen LogP contribution is -2.03. The zero-order valence-corrected chi connectivity index (χ0v) is 9.94. The van der Waals surface area contributed by atoms with Gasteiger partial charge < -0.3 is 5.11 Å². The van der Waals surface area contributed by atoms with Crippen LogP contribution in [-0.2, 0) is 12.8 Å². The van der Waals surface area contributed by atoms with Crippen LogP contribution in [0.1, 0.15) is 34.8 Å². The Morgan fingerprint density at radius 2 is 2.00 bits per heavy atom. The number of nitrogens with zero attached hydrogens (tertiary/aromatic N) is 1. The van der Waals surface area contributed by atoms with Crippen molar-refractivity contribution in [1.29, 1.82) is 0 Å². The summed E-state index contributed by atoms with van der Waals surface area (Å²) in [6.07, 6.45) is 5.03. The molecule has 2 nitrogen and oxygen atoms in total. The molecule has 1 N–H and O–H groups in total. The summed E-state index contributed by atoms with van der Waals surface area (Å²) in [5, 5.41) is 10.2. The largest absolute Gasteiger partial charge is 0.384 e. The van der Waals surface area contributed by atoms with E-state index in [0.29, 0.717) is 0 Å². The molecule has 0 radical (unpaired) electrons. The van der Waals surface area contributed by atoms with Crippen LogP contribution in [-0.4, -0.2) is 10.1 Å². The second-order valence-corrected chi connectivity index (χ2v) is 4.68. The molecule has 0 aliphatic heterocycles. The van der Waals surface area contributed by atoms with Crippen molar-refractivity contribution in [2.45, 2.75) is 25.4 Å². The molecule has 0 bridgehead atoms. The first-order valence-electron chi connectivity index (χ1n) is 6.15. The maximum atomic E-state index is 13.6. The van der Waals surface area contributed by atoms with Gasteiger partial charge in [-0.05, 0) is 42.0 Å². The molecule has 1 aliphatic carbocycles. The number of benzene rings is 1. The number of hydrogen-bond acceptors (Lipinski definition) is 2. The van der Waals surface area contributed by atoms with Gasteiger partial charge in [0.2, 0.25) is 0 Å². The summed E-state index contributed by atoms with van der Waals surface area (Å²) in [5.41, 5.74) is 3.66. The molecule has 1 heterocycles. The van der Waals surface area contributed by atoms with Crippen LogP contribution in [0.15, 0.2) is 36.7 Å². The van der Waals surface area contributed by atoms with E-state index in [1.165, 1.54) is 29.8 Å². The van der Waals surface area contributed by atoms with Crippen LogP contribution >= 0.6 is 0 Å². The second-order valence-electron chi connectivity index (χ2n) is 4.68. The van der Waals surface area contributed by atoms with E-state index >= 15 is 0 Å². The third-order valence-corrected chi connectivity index (χ3v) is 3.54. The second kappa shape index (κ2) is 4.50. The van der Waals surface area contributed by atoms with E-state index in [0.717, 1.165) is 24.6 Å². The highest BCUT2D eigenvalue weighted by Gasteiger charge is 2.18. The summed E-state index contributed by atoms with van der Waals surface area (Å²) >= 11 is 0. The van der Waals surface area contributed by atoms with Crippen molar-refractivity contribution in [2.24, 2.45) is 0 Å². The predicted molar refractivity (Wildman–Crippen MR) is 66.7 cm³/mol. The van der Waals surface area contributed by atoms with Gasteiger partial charge in [-0.25, -0.2) is 4.39 Å². The van der Waals surface area contributed by atoms with E-state index in [9.17, 15) is 9.50 Å². The van der Waals surface area contributed by atoms with Crippen LogP contribution in [0.4, 0.5) is 4.39 Å². The molecule has 0 saturated heterocycles. The van der Waals surface area contributed by atoms with Gasteiger partial charge in [-0.1, -0.05) is 18.2 Å². The topological polar surface area (TPSA) is 33.1 Å². The Morgan fingerprint density at radius 3 is 2.83 bits per heavy atom. The molecular formula is C15H14FNO. The van der Waals surface area contributed by atoms with Crippen molar-refractivity contribution in [3.05, 3.63) is 64.7 Å². The molecule has 1 atom stereocenters. The minimum Gasteiger partial charge on any atom is -0.384 e. The van der Waals surface area contributed by atoms with E-state index in [2.05, 4.69) is 4.98 Å². The van der Waals surface area contributed by atoms with Gasteiger partial charge in [-0.2, -0.15) is 0 Å². The predicted octanol–water partition coefficient (Wildman–Crippen LogP) is 2.79. The molecule has 2 aromatic rings. The smallest absolute Gasteiger partial charge is 0.147 e. The van der Waals surface area contributed by atoms with Gasteiger partial charge in [0, 0.05) is 11.8 Å². The molecule has 3 heteroatoms. The highest BCUT2D eigenvalue weighted by Crippen LogP contribution is 2.29. The molecule has 0 fully saturated rings. The molecule has 1 unspecified atom stereocenters. The Hall–Kier alpha value is -1.74. The average Bonchev–Trinajstić information content (AvgIpc) is 2.85. The Labute approximate surface area is 105 Å². The van der Waals surface area contributed by atoms with Crippen LogP contribution in [0.25, 0.3) is 0 Å². The summed E-state index contributed by atoms with van der Waals surface area (Å²) in [6, 6.07) is 7.44. The SMILES string of the molecule is OC(c1ccc2c(c1)CCC2)c1ccncc1F. The normalized spacial score (nSPS) is 15.4. The number of pyridine rings is 1. The van der Waals surface area contributed by atoms with E-state index in [1.807, 2.05) is 18.2 Å². The van der Waals surface area contributed by atoms with Gasteiger partial charge in [0.1, 0.15) is 11.9 Å². The van der Waals surface area contributed by atoms with Gasteiger partial charge in [0.25, 0.3) is 0 Å². The molecule has 1 aromatic heterocycles. The van der Waals surface area contributed by atoms with Crippen molar-refractivity contribution in [3.63, 3.8) is 0 Å². The Morgan fingerprint density at radius 1 is 1.17 bits per heavy atom. The van der Waals surface area contributed by atoms with E-state index in [-0.39, 0.29) is 5.56 Å². The van der Waals surface area contributed by atoms with Crippen LogP contribution in [0.3, 0.4) is 0 Å². The van der Waals surface area contributed by atoms with Gasteiger partial charge in [0.15, 0.2) is 0 Å². The third kappa shape index (κ3) is 1.91. The highest BCUT2D eigenvalue weighted by molar-refractivity contribution is 5.39. The average molecular weight is 243 g/mol. The number of hydrogen-bond donors (Lipinski definition) is 1.